The molecule has 0 radical (unpaired) electrons. The highest BCUT2D eigenvalue weighted by Crippen LogP contribution is 2.31. The van der Waals surface area contributed by atoms with Crippen LogP contribution in [0.2, 0.25) is 0 Å². The molecule has 102 valence electrons. The average molecular weight is 350 g/mol. The van der Waals surface area contributed by atoms with E-state index in [0.29, 0.717) is 0 Å². The van der Waals surface area contributed by atoms with Crippen LogP contribution in [0.1, 0.15) is 16.5 Å². The zero-order valence-corrected chi connectivity index (χ0v) is 13.0. The molecule has 2 aromatic carbocycles. The van der Waals surface area contributed by atoms with Crippen molar-refractivity contribution in [3.05, 3.63) is 69.3 Å². The van der Waals surface area contributed by atoms with Crippen LogP contribution in [0.3, 0.4) is 0 Å². The van der Waals surface area contributed by atoms with Gasteiger partial charge in [-0.15, -0.1) is 11.3 Å². The van der Waals surface area contributed by atoms with Gasteiger partial charge in [0.1, 0.15) is 5.82 Å². The first-order valence-corrected chi connectivity index (χ1v) is 7.92. The summed E-state index contributed by atoms with van der Waals surface area (Å²) in [5, 5.41) is 1.05. The molecule has 20 heavy (non-hydrogen) atoms. The molecule has 0 bridgehead atoms. The summed E-state index contributed by atoms with van der Waals surface area (Å²) < 4.78 is 15.2. The molecule has 0 aliphatic heterocycles. The van der Waals surface area contributed by atoms with Gasteiger partial charge in [-0.2, -0.15) is 0 Å². The van der Waals surface area contributed by atoms with Gasteiger partial charge in [-0.05, 0) is 47.7 Å². The molecule has 0 fully saturated rings. The number of hydrogen-bond donors (Lipinski definition) is 1. The molecule has 0 aliphatic rings. The Balaban J connectivity index is 1.86. The van der Waals surface area contributed by atoms with Crippen LogP contribution < -0.4 is 5.73 Å². The third-order valence-electron chi connectivity index (χ3n) is 3.21. The number of halogens is 2. The lowest BCUT2D eigenvalue weighted by Gasteiger charge is -2.09. The van der Waals surface area contributed by atoms with Gasteiger partial charge in [0, 0.05) is 20.1 Å². The number of rotatable bonds is 3. The van der Waals surface area contributed by atoms with E-state index in [0.717, 1.165) is 25.9 Å². The minimum Gasteiger partial charge on any atom is -0.323 e. The van der Waals surface area contributed by atoms with Crippen LogP contribution in [0.15, 0.2) is 53.0 Å². The molecule has 3 aromatic rings. The maximum Gasteiger partial charge on any atom is 0.124 e. The molecule has 1 nitrogen and oxygen atoms in total. The number of fused-ring (bicyclic) bond motifs is 1. The van der Waals surface area contributed by atoms with Gasteiger partial charge in [0.25, 0.3) is 0 Å². The highest BCUT2D eigenvalue weighted by molar-refractivity contribution is 9.10. The molecule has 1 heterocycles. The highest BCUT2D eigenvalue weighted by atomic mass is 79.9. The SMILES string of the molecule is NC(Cc1cccc(Br)c1)c1cc2ccc(F)cc2s1. The van der Waals surface area contributed by atoms with Gasteiger partial charge in [-0.25, -0.2) is 4.39 Å². The van der Waals surface area contributed by atoms with Crippen LogP contribution in [0.5, 0.6) is 0 Å². The summed E-state index contributed by atoms with van der Waals surface area (Å²) in [4.78, 5) is 1.09. The maximum atomic E-state index is 13.2. The van der Waals surface area contributed by atoms with E-state index in [1.54, 1.807) is 23.5 Å². The number of hydrogen-bond acceptors (Lipinski definition) is 2. The maximum absolute atomic E-state index is 13.2. The van der Waals surface area contributed by atoms with Crippen molar-refractivity contribution in [3.63, 3.8) is 0 Å². The van der Waals surface area contributed by atoms with Gasteiger partial charge in [0.2, 0.25) is 0 Å². The van der Waals surface area contributed by atoms with E-state index in [1.807, 2.05) is 12.1 Å². The van der Waals surface area contributed by atoms with Crippen molar-refractivity contribution in [2.75, 3.05) is 0 Å². The Labute approximate surface area is 129 Å². The minimum atomic E-state index is -0.202. The van der Waals surface area contributed by atoms with E-state index in [2.05, 4.69) is 34.1 Å². The van der Waals surface area contributed by atoms with E-state index in [4.69, 9.17) is 5.73 Å². The minimum absolute atomic E-state index is 0.0650. The van der Waals surface area contributed by atoms with Crippen LogP contribution in [-0.2, 0) is 6.42 Å². The van der Waals surface area contributed by atoms with E-state index < -0.39 is 0 Å². The molecule has 0 aliphatic carbocycles. The quantitative estimate of drug-likeness (QED) is 0.703. The summed E-state index contributed by atoms with van der Waals surface area (Å²) in [5.41, 5.74) is 7.47. The molecule has 0 saturated heterocycles. The van der Waals surface area contributed by atoms with Crippen LogP contribution in [0.4, 0.5) is 4.39 Å². The molecule has 3 rings (SSSR count). The summed E-state index contributed by atoms with van der Waals surface area (Å²) >= 11 is 5.03. The van der Waals surface area contributed by atoms with E-state index >= 15 is 0 Å². The first-order chi connectivity index (χ1) is 9.61. The third-order valence-corrected chi connectivity index (χ3v) is 4.93. The second kappa shape index (κ2) is 5.64. The molecule has 1 aromatic heterocycles. The van der Waals surface area contributed by atoms with Gasteiger partial charge in [0.05, 0.1) is 0 Å². The van der Waals surface area contributed by atoms with Crippen molar-refractivity contribution in [3.8, 4) is 0 Å². The van der Waals surface area contributed by atoms with Gasteiger partial charge in [-0.1, -0.05) is 34.1 Å². The summed E-state index contributed by atoms with van der Waals surface area (Å²) in [5.74, 6) is -0.202. The molecule has 0 spiro atoms. The molecule has 1 unspecified atom stereocenters. The Morgan fingerprint density at radius 1 is 1.15 bits per heavy atom. The van der Waals surface area contributed by atoms with Crippen molar-refractivity contribution in [1.82, 2.24) is 0 Å². The average Bonchev–Trinajstić information content (AvgIpc) is 2.81. The lowest BCUT2D eigenvalue weighted by Crippen LogP contribution is -2.11. The number of benzene rings is 2. The first-order valence-electron chi connectivity index (χ1n) is 6.31. The Morgan fingerprint density at radius 2 is 2.00 bits per heavy atom. The van der Waals surface area contributed by atoms with Gasteiger partial charge >= 0.3 is 0 Å². The smallest absolute Gasteiger partial charge is 0.124 e. The Morgan fingerprint density at radius 3 is 2.80 bits per heavy atom. The van der Waals surface area contributed by atoms with Crippen molar-refractivity contribution < 1.29 is 4.39 Å². The Bertz CT molecular complexity index is 753. The Kier molecular flexibility index (Phi) is 3.87. The van der Waals surface area contributed by atoms with Gasteiger partial charge in [0.15, 0.2) is 0 Å². The predicted octanol–water partition coefficient (Wildman–Crippen LogP) is 5.05. The lowest BCUT2D eigenvalue weighted by atomic mass is 10.1. The van der Waals surface area contributed by atoms with Crippen LogP contribution >= 0.6 is 27.3 Å². The van der Waals surface area contributed by atoms with E-state index in [9.17, 15) is 4.39 Å². The fraction of sp³-hybridized carbons (Fsp3) is 0.125. The summed E-state index contributed by atoms with van der Waals surface area (Å²) in [6.07, 6.45) is 0.773. The lowest BCUT2D eigenvalue weighted by molar-refractivity contribution is 0.630. The number of thiophene rings is 1. The summed E-state index contributed by atoms with van der Waals surface area (Å²) in [6.45, 7) is 0. The molecule has 0 saturated carbocycles. The van der Waals surface area contributed by atoms with Crippen LogP contribution in [0, 0.1) is 5.82 Å². The molecular weight excluding hydrogens is 337 g/mol. The van der Waals surface area contributed by atoms with Gasteiger partial charge < -0.3 is 5.73 Å². The third kappa shape index (κ3) is 2.92. The fourth-order valence-electron chi connectivity index (χ4n) is 2.23. The molecule has 0 amide bonds. The van der Waals surface area contributed by atoms with Crippen molar-refractivity contribution in [1.29, 1.82) is 0 Å². The topological polar surface area (TPSA) is 26.0 Å². The van der Waals surface area contributed by atoms with E-state index in [1.165, 1.54) is 11.6 Å². The van der Waals surface area contributed by atoms with Crippen molar-refractivity contribution in [2.24, 2.45) is 5.73 Å². The zero-order valence-electron chi connectivity index (χ0n) is 10.6. The van der Waals surface area contributed by atoms with Crippen molar-refractivity contribution >= 4 is 37.4 Å². The second-order valence-electron chi connectivity index (χ2n) is 4.77. The van der Waals surface area contributed by atoms with E-state index in [-0.39, 0.29) is 11.9 Å². The molecule has 2 N–H and O–H groups in total. The van der Waals surface area contributed by atoms with Crippen LogP contribution in [-0.4, -0.2) is 0 Å². The predicted molar refractivity (Wildman–Crippen MR) is 86.6 cm³/mol. The molecule has 1 atom stereocenters. The summed E-state index contributed by atoms with van der Waals surface area (Å²) in [6, 6.07) is 15.0. The van der Waals surface area contributed by atoms with Crippen LogP contribution in [0.25, 0.3) is 10.1 Å². The number of nitrogens with two attached hydrogens (primary N) is 1. The van der Waals surface area contributed by atoms with Gasteiger partial charge in [-0.3, -0.25) is 0 Å². The summed E-state index contributed by atoms with van der Waals surface area (Å²) in [7, 11) is 0. The largest absolute Gasteiger partial charge is 0.323 e. The van der Waals surface area contributed by atoms with Crippen molar-refractivity contribution in [2.45, 2.75) is 12.5 Å². The molecule has 4 heteroatoms. The molecular formula is C16H13BrFNS. The monoisotopic (exact) mass is 349 g/mol. The second-order valence-corrected chi connectivity index (χ2v) is 6.80. The highest BCUT2D eigenvalue weighted by Gasteiger charge is 2.11. The fourth-order valence-corrected chi connectivity index (χ4v) is 3.76. The zero-order chi connectivity index (χ0) is 14.1. The Hall–Kier alpha value is -1.23. The normalized spacial score (nSPS) is 12.8. The first kappa shape index (κ1) is 13.7. The standard InChI is InChI=1S/C16H13BrFNS/c17-12-3-1-2-10(6-12)7-14(19)16-8-11-4-5-13(18)9-15(11)20-16/h1-6,8-9,14H,7,19H2.